The number of benzene rings is 2. The molecule has 2 heterocycles. The molecule has 2 aromatic heterocycles. The number of carbonyl (C=O) groups is 2. The summed E-state index contributed by atoms with van der Waals surface area (Å²) in [5.74, 6) is -2.17. The van der Waals surface area contributed by atoms with E-state index >= 15 is 0 Å². The number of rotatable bonds is 8. The number of pyridine rings is 2. The van der Waals surface area contributed by atoms with Crippen LogP contribution in [0.4, 0.5) is 10.2 Å². The van der Waals surface area contributed by atoms with Gasteiger partial charge in [-0.15, -0.1) is 0 Å². The van der Waals surface area contributed by atoms with Gasteiger partial charge in [-0.25, -0.2) is 19.1 Å². The molecule has 12 heteroatoms. The molecule has 0 spiro atoms. The van der Waals surface area contributed by atoms with Crippen molar-refractivity contribution in [3.8, 4) is 22.9 Å². The molecule has 4 rings (SSSR count). The van der Waals surface area contributed by atoms with Crippen LogP contribution in [0, 0.1) is 26.6 Å². The summed E-state index contributed by atoms with van der Waals surface area (Å²) in [5.41, 5.74) is 8.32. The van der Waals surface area contributed by atoms with Crippen LogP contribution in [0.25, 0.3) is 11.3 Å². The Hall–Kier alpha value is -4.84. The molecule has 4 N–H and O–H groups in total. The first-order valence-electron chi connectivity index (χ1n) is 12.9. The summed E-state index contributed by atoms with van der Waals surface area (Å²) in [5, 5.41) is 2.20. The van der Waals surface area contributed by atoms with Crippen LogP contribution in [0.5, 0.6) is 11.6 Å². The van der Waals surface area contributed by atoms with Crippen molar-refractivity contribution in [3.05, 3.63) is 94.3 Å². The van der Waals surface area contributed by atoms with E-state index in [0.29, 0.717) is 11.3 Å². The van der Waals surface area contributed by atoms with Crippen molar-refractivity contribution >= 4 is 27.7 Å². The zero-order chi connectivity index (χ0) is 30.8. The first-order valence-corrected chi connectivity index (χ1v) is 14.4. The topological polar surface area (TPSA) is 153 Å². The van der Waals surface area contributed by atoms with E-state index in [1.54, 1.807) is 13.8 Å². The number of nitrogen functional groups attached to an aromatic ring is 1. The molecule has 0 aliphatic rings. The van der Waals surface area contributed by atoms with Gasteiger partial charge in [-0.1, -0.05) is 29.8 Å². The largest absolute Gasteiger partial charge is 0.438 e. The molecule has 218 valence electrons. The lowest BCUT2D eigenvalue weighted by Crippen LogP contribution is -2.31. The van der Waals surface area contributed by atoms with E-state index in [-0.39, 0.29) is 34.6 Å². The minimum atomic E-state index is -4.39. The Labute approximate surface area is 243 Å². The summed E-state index contributed by atoms with van der Waals surface area (Å²) in [7, 11) is -4.39. The number of nitrogens with one attached hydrogen (secondary N) is 2. The zero-order valence-electron chi connectivity index (χ0n) is 23.7. The van der Waals surface area contributed by atoms with Crippen LogP contribution in [0.15, 0.2) is 65.7 Å². The lowest BCUT2D eigenvalue weighted by molar-refractivity contribution is 0.0937. The predicted octanol–water partition coefficient (Wildman–Crippen LogP) is 4.84. The molecule has 0 atom stereocenters. The van der Waals surface area contributed by atoms with Gasteiger partial charge in [-0.05, 0) is 82.1 Å². The van der Waals surface area contributed by atoms with Gasteiger partial charge >= 0.3 is 0 Å². The first-order chi connectivity index (χ1) is 19.7. The smallest absolute Gasteiger partial charge is 0.281 e. The van der Waals surface area contributed by atoms with E-state index in [9.17, 15) is 22.4 Å². The average molecular weight is 592 g/mol. The maximum absolute atomic E-state index is 14.9. The highest BCUT2D eigenvalue weighted by Gasteiger charge is 2.25. The Morgan fingerprint density at radius 3 is 2.19 bits per heavy atom. The number of nitrogens with zero attached hydrogens (tertiary/aromatic N) is 2. The van der Waals surface area contributed by atoms with Crippen LogP contribution in [-0.2, 0) is 10.0 Å². The predicted molar refractivity (Wildman–Crippen MR) is 156 cm³/mol. The van der Waals surface area contributed by atoms with Gasteiger partial charge in [0.15, 0.2) is 5.03 Å². The van der Waals surface area contributed by atoms with Gasteiger partial charge in [0.2, 0.25) is 5.88 Å². The van der Waals surface area contributed by atoms with Crippen molar-refractivity contribution in [2.75, 3.05) is 5.73 Å². The van der Waals surface area contributed by atoms with Gasteiger partial charge in [0.05, 0.1) is 11.3 Å². The van der Waals surface area contributed by atoms with Crippen LogP contribution in [0.2, 0.25) is 0 Å². The molecule has 2 amide bonds. The molecule has 0 saturated carbocycles. The Balaban J connectivity index is 1.77. The summed E-state index contributed by atoms with van der Waals surface area (Å²) in [6.45, 7) is 9.11. The molecule has 0 radical (unpaired) electrons. The number of amides is 2. The molecule has 0 fully saturated rings. The second-order valence-electron chi connectivity index (χ2n) is 10.0. The van der Waals surface area contributed by atoms with E-state index in [4.69, 9.17) is 10.5 Å². The zero-order valence-corrected chi connectivity index (χ0v) is 24.5. The van der Waals surface area contributed by atoms with E-state index in [0.717, 1.165) is 22.8 Å². The highest BCUT2D eigenvalue weighted by Crippen LogP contribution is 2.33. The Morgan fingerprint density at radius 2 is 1.57 bits per heavy atom. The number of halogens is 1. The van der Waals surface area contributed by atoms with Gasteiger partial charge in [-0.2, -0.15) is 8.42 Å². The molecule has 10 nitrogen and oxygen atoms in total. The highest BCUT2D eigenvalue weighted by molar-refractivity contribution is 7.90. The fraction of sp³-hybridized carbons (Fsp3) is 0.200. The summed E-state index contributed by atoms with van der Waals surface area (Å²) in [4.78, 5) is 33.9. The Morgan fingerprint density at radius 1 is 0.905 bits per heavy atom. The number of ether oxygens (including phenoxy) is 1. The van der Waals surface area contributed by atoms with Crippen molar-refractivity contribution in [2.45, 2.75) is 45.7 Å². The number of aryl methyl sites for hydroxylation is 3. The summed E-state index contributed by atoms with van der Waals surface area (Å²) < 4.78 is 48.8. The van der Waals surface area contributed by atoms with Gasteiger partial charge < -0.3 is 15.8 Å². The van der Waals surface area contributed by atoms with Crippen molar-refractivity contribution in [2.24, 2.45) is 0 Å². The van der Waals surface area contributed by atoms with Gasteiger partial charge in [0.1, 0.15) is 22.9 Å². The second kappa shape index (κ2) is 12.0. The third-order valence-corrected chi connectivity index (χ3v) is 7.32. The van der Waals surface area contributed by atoms with E-state index in [1.165, 1.54) is 42.5 Å². The molecule has 2 aromatic carbocycles. The normalized spacial score (nSPS) is 11.3. The van der Waals surface area contributed by atoms with Gasteiger partial charge in [-0.3, -0.25) is 9.59 Å². The van der Waals surface area contributed by atoms with E-state index in [2.05, 4.69) is 15.3 Å². The minimum absolute atomic E-state index is 0.0365. The SMILES string of the molecule is Cc1cc(C)c(Oc2nc(-c3ccc(C(=O)NC(C)C)c(F)c3)ccc2C(=O)NS(=O)(=O)c2cccc(N)n2)c(C)c1. The molecule has 0 bridgehead atoms. The second-order valence-corrected chi connectivity index (χ2v) is 11.7. The van der Waals surface area contributed by atoms with Crippen LogP contribution >= 0.6 is 0 Å². The van der Waals surface area contributed by atoms with E-state index in [1.807, 2.05) is 37.6 Å². The third-order valence-electron chi connectivity index (χ3n) is 6.09. The van der Waals surface area contributed by atoms with Crippen LogP contribution in [0.3, 0.4) is 0 Å². The van der Waals surface area contributed by atoms with E-state index < -0.39 is 32.7 Å². The van der Waals surface area contributed by atoms with Crippen LogP contribution in [-0.4, -0.2) is 36.2 Å². The summed E-state index contributed by atoms with van der Waals surface area (Å²) >= 11 is 0. The number of carbonyl (C=O) groups excluding carboxylic acids is 2. The summed E-state index contributed by atoms with van der Waals surface area (Å²) in [6, 6.07) is 14.4. The number of nitrogens with two attached hydrogens (primary N) is 1. The number of hydrogen-bond donors (Lipinski definition) is 3. The molecule has 4 aromatic rings. The number of aromatic nitrogens is 2. The molecule has 0 unspecified atom stereocenters. The highest BCUT2D eigenvalue weighted by atomic mass is 32.2. The molecular weight excluding hydrogens is 561 g/mol. The number of sulfonamides is 1. The van der Waals surface area contributed by atoms with Crippen molar-refractivity contribution in [1.29, 1.82) is 0 Å². The monoisotopic (exact) mass is 591 g/mol. The van der Waals surface area contributed by atoms with Crippen LogP contribution < -0.4 is 20.5 Å². The quantitative estimate of drug-likeness (QED) is 0.263. The van der Waals surface area contributed by atoms with Crippen LogP contribution in [0.1, 0.15) is 51.3 Å². The third kappa shape index (κ3) is 6.72. The average Bonchev–Trinajstić information content (AvgIpc) is 2.89. The molecule has 42 heavy (non-hydrogen) atoms. The minimum Gasteiger partial charge on any atom is -0.438 e. The Kier molecular flexibility index (Phi) is 8.57. The van der Waals surface area contributed by atoms with Crippen molar-refractivity contribution in [3.63, 3.8) is 0 Å². The Bertz CT molecular complexity index is 1790. The fourth-order valence-corrected chi connectivity index (χ4v) is 5.23. The maximum Gasteiger partial charge on any atom is 0.281 e. The molecule has 0 aliphatic carbocycles. The summed E-state index contributed by atoms with van der Waals surface area (Å²) in [6.07, 6.45) is 0. The molecular formula is C30H30FN5O5S. The van der Waals surface area contributed by atoms with Gasteiger partial charge in [0, 0.05) is 11.6 Å². The lowest BCUT2D eigenvalue weighted by atomic mass is 10.1. The molecule has 0 aliphatic heterocycles. The van der Waals surface area contributed by atoms with Crippen molar-refractivity contribution in [1.82, 2.24) is 20.0 Å². The first kappa shape index (κ1) is 30.1. The maximum atomic E-state index is 14.9. The number of anilines is 1. The van der Waals surface area contributed by atoms with Crippen molar-refractivity contribution < 1.29 is 27.1 Å². The lowest BCUT2D eigenvalue weighted by Gasteiger charge is -2.16. The number of hydrogen-bond acceptors (Lipinski definition) is 8. The van der Waals surface area contributed by atoms with Gasteiger partial charge in [0.25, 0.3) is 21.8 Å². The fourth-order valence-electron chi connectivity index (χ4n) is 4.28. The molecule has 0 saturated heterocycles. The standard InChI is InChI=1S/C30H30FN5O5S/c1-16(2)33-28(37)21-10-9-20(15-23(21)31)24-12-11-22(29(38)36-42(39,40)26-8-6-7-25(32)35-26)30(34-24)41-27-18(4)13-17(3)14-19(27)5/h6-16H,1-5H3,(H2,32,35)(H,33,37)(H,36,38).